The van der Waals surface area contributed by atoms with Crippen LogP contribution in [0.15, 0.2) is 36.5 Å². The highest BCUT2D eigenvalue weighted by Crippen LogP contribution is 2.18. The van der Waals surface area contributed by atoms with Gasteiger partial charge in [-0.3, -0.25) is 4.79 Å². The standard InChI is InChI=1S/C13H13ClN4O/c1-2-15-11-7-3-6-10(17-11)13(19)18-12-9(14)5-4-8-16-12/h3-8H,2H2,1H3,(H,15,17)(H,16,18,19). The molecule has 0 radical (unpaired) electrons. The zero-order valence-electron chi connectivity index (χ0n) is 10.4. The highest BCUT2D eigenvalue weighted by atomic mass is 35.5. The fraction of sp³-hybridized carbons (Fsp3) is 0.154. The third-order valence-corrected chi connectivity index (χ3v) is 2.64. The van der Waals surface area contributed by atoms with Crippen molar-refractivity contribution in [3.05, 3.63) is 47.2 Å². The molecule has 5 nitrogen and oxygen atoms in total. The van der Waals surface area contributed by atoms with Gasteiger partial charge in [0.2, 0.25) is 0 Å². The van der Waals surface area contributed by atoms with Crippen LogP contribution in [0.1, 0.15) is 17.4 Å². The Morgan fingerprint density at radius 1 is 1.32 bits per heavy atom. The summed E-state index contributed by atoms with van der Waals surface area (Å²) in [5.41, 5.74) is 0.306. The molecule has 19 heavy (non-hydrogen) atoms. The number of hydrogen-bond donors (Lipinski definition) is 2. The summed E-state index contributed by atoms with van der Waals surface area (Å²) in [4.78, 5) is 20.2. The lowest BCUT2D eigenvalue weighted by Gasteiger charge is -2.07. The van der Waals surface area contributed by atoms with Gasteiger partial charge in [0, 0.05) is 12.7 Å². The molecule has 2 heterocycles. The number of rotatable bonds is 4. The minimum atomic E-state index is -0.347. The van der Waals surface area contributed by atoms with E-state index in [1.54, 1.807) is 36.5 Å². The van der Waals surface area contributed by atoms with Crippen molar-refractivity contribution in [2.45, 2.75) is 6.92 Å². The molecule has 0 aliphatic heterocycles. The van der Waals surface area contributed by atoms with Crippen molar-refractivity contribution < 1.29 is 4.79 Å². The van der Waals surface area contributed by atoms with E-state index in [2.05, 4.69) is 20.6 Å². The number of anilines is 2. The van der Waals surface area contributed by atoms with E-state index in [-0.39, 0.29) is 5.91 Å². The van der Waals surface area contributed by atoms with Gasteiger partial charge in [0.25, 0.3) is 5.91 Å². The average Bonchev–Trinajstić information content (AvgIpc) is 2.42. The summed E-state index contributed by atoms with van der Waals surface area (Å²) in [7, 11) is 0. The van der Waals surface area contributed by atoms with Gasteiger partial charge in [0.15, 0.2) is 5.82 Å². The molecule has 0 bridgehead atoms. The Morgan fingerprint density at radius 2 is 2.16 bits per heavy atom. The third kappa shape index (κ3) is 3.42. The molecule has 2 rings (SSSR count). The summed E-state index contributed by atoms with van der Waals surface area (Å²) >= 11 is 5.93. The quantitative estimate of drug-likeness (QED) is 0.901. The van der Waals surface area contributed by atoms with Crippen molar-refractivity contribution in [2.24, 2.45) is 0 Å². The summed E-state index contributed by atoms with van der Waals surface area (Å²) in [5.74, 6) is 0.632. The van der Waals surface area contributed by atoms with Crippen LogP contribution >= 0.6 is 11.6 Å². The topological polar surface area (TPSA) is 66.9 Å². The summed E-state index contributed by atoms with van der Waals surface area (Å²) in [6.07, 6.45) is 1.56. The monoisotopic (exact) mass is 276 g/mol. The lowest BCUT2D eigenvalue weighted by atomic mass is 10.3. The van der Waals surface area contributed by atoms with Gasteiger partial charge in [0.05, 0.1) is 5.02 Å². The molecule has 0 saturated heterocycles. The van der Waals surface area contributed by atoms with Crippen LogP contribution in [0.3, 0.4) is 0 Å². The second kappa shape index (κ2) is 6.15. The highest BCUT2D eigenvalue weighted by Gasteiger charge is 2.10. The Kier molecular flexibility index (Phi) is 4.30. The van der Waals surface area contributed by atoms with Crippen LogP contribution in [0.4, 0.5) is 11.6 Å². The minimum absolute atomic E-state index is 0.306. The molecule has 2 aromatic heterocycles. The number of nitrogens with zero attached hydrogens (tertiary/aromatic N) is 2. The van der Waals surface area contributed by atoms with Gasteiger partial charge < -0.3 is 10.6 Å². The summed E-state index contributed by atoms with van der Waals surface area (Å²) in [6.45, 7) is 2.70. The fourth-order valence-corrected chi connectivity index (χ4v) is 1.66. The van der Waals surface area contributed by atoms with E-state index in [9.17, 15) is 4.79 Å². The second-order valence-electron chi connectivity index (χ2n) is 3.73. The van der Waals surface area contributed by atoms with E-state index in [0.29, 0.717) is 22.4 Å². The first-order valence-electron chi connectivity index (χ1n) is 5.83. The predicted octanol–water partition coefficient (Wildman–Crippen LogP) is 2.81. The first kappa shape index (κ1) is 13.3. The molecule has 0 aliphatic rings. The molecule has 0 aliphatic carbocycles. The zero-order valence-corrected chi connectivity index (χ0v) is 11.1. The Hall–Kier alpha value is -2.14. The van der Waals surface area contributed by atoms with Crippen molar-refractivity contribution in [3.8, 4) is 0 Å². The Balaban J connectivity index is 2.16. The first-order valence-corrected chi connectivity index (χ1v) is 6.21. The largest absolute Gasteiger partial charge is 0.370 e. The highest BCUT2D eigenvalue weighted by molar-refractivity contribution is 6.33. The predicted molar refractivity (Wildman–Crippen MR) is 75.6 cm³/mol. The van der Waals surface area contributed by atoms with Gasteiger partial charge in [-0.2, -0.15) is 0 Å². The van der Waals surface area contributed by atoms with Crippen LogP contribution in [-0.2, 0) is 0 Å². The van der Waals surface area contributed by atoms with Crippen LogP contribution < -0.4 is 10.6 Å². The van der Waals surface area contributed by atoms with Gasteiger partial charge in [-0.05, 0) is 31.2 Å². The molecule has 98 valence electrons. The molecule has 6 heteroatoms. The zero-order chi connectivity index (χ0) is 13.7. The lowest BCUT2D eigenvalue weighted by Crippen LogP contribution is -2.15. The van der Waals surface area contributed by atoms with E-state index in [4.69, 9.17) is 11.6 Å². The van der Waals surface area contributed by atoms with Crippen molar-refractivity contribution in [1.29, 1.82) is 0 Å². The Morgan fingerprint density at radius 3 is 2.89 bits per heavy atom. The van der Waals surface area contributed by atoms with E-state index in [0.717, 1.165) is 6.54 Å². The van der Waals surface area contributed by atoms with Gasteiger partial charge in [0.1, 0.15) is 11.5 Å². The van der Waals surface area contributed by atoms with Crippen LogP contribution in [-0.4, -0.2) is 22.4 Å². The molecule has 0 fully saturated rings. The molecule has 0 aromatic carbocycles. The number of halogens is 1. The molecular weight excluding hydrogens is 264 g/mol. The Labute approximate surface area is 116 Å². The molecular formula is C13H13ClN4O. The number of hydrogen-bond acceptors (Lipinski definition) is 4. The van der Waals surface area contributed by atoms with Gasteiger partial charge >= 0.3 is 0 Å². The van der Waals surface area contributed by atoms with Gasteiger partial charge in [-0.1, -0.05) is 17.7 Å². The SMILES string of the molecule is CCNc1cccc(C(=O)Nc2ncccc2Cl)n1. The molecule has 2 N–H and O–H groups in total. The summed E-state index contributed by atoms with van der Waals surface area (Å²) in [6, 6.07) is 8.55. The van der Waals surface area contributed by atoms with Crippen LogP contribution in [0, 0.1) is 0 Å². The normalized spacial score (nSPS) is 10.0. The number of pyridine rings is 2. The van der Waals surface area contributed by atoms with E-state index in [1.807, 2.05) is 6.92 Å². The van der Waals surface area contributed by atoms with E-state index >= 15 is 0 Å². The van der Waals surface area contributed by atoms with Crippen LogP contribution in [0.5, 0.6) is 0 Å². The second-order valence-corrected chi connectivity index (χ2v) is 4.13. The molecule has 0 unspecified atom stereocenters. The number of amides is 1. The molecule has 0 spiro atoms. The molecule has 2 aromatic rings. The summed E-state index contributed by atoms with van der Waals surface area (Å²) < 4.78 is 0. The number of aromatic nitrogens is 2. The Bertz CT molecular complexity index is 588. The maximum absolute atomic E-state index is 12.0. The van der Waals surface area contributed by atoms with E-state index in [1.165, 1.54) is 0 Å². The molecule has 1 amide bonds. The van der Waals surface area contributed by atoms with Crippen molar-refractivity contribution >= 4 is 29.1 Å². The van der Waals surface area contributed by atoms with Crippen LogP contribution in [0.2, 0.25) is 5.02 Å². The van der Waals surface area contributed by atoms with Crippen molar-refractivity contribution in [1.82, 2.24) is 9.97 Å². The van der Waals surface area contributed by atoms with E-state index < -0.39 is 0 Å². The molecule has 0 saturated carbocycles. The van der Waals surface area contributed by atoms with Crippen molar-refractivity contribution in [3.63, 3.8) is 0 Å². The lowest BCUT2D eigenvalue weighted by molar-refractivity contribution is 0.102. The van der Waals surface area contributed by atoms with Gasteiger partial charge in [-0.15, -0.1) is 0 Å². The maximum atomic E-state index is 12.0. The average molecular weight is 277 g/mol. The summed E-state index contributed by atoms with van der Waals surface area (Å²) in [5, 5.41) is 6.06. The molecule has 0 atom stereocenters. The minimum Gasteiger partial charge on any atom is -0.370 e. The van der Waals surface area contributed by atoms with Crippen molar-refractivity contribution in [2.75, 3.05) is 17.2 Å². The van der Waals surface area contributed by atoms with Crippen LogP contribution in [0.25, 0.3) is 0 Å². The fourth-order valence-electron chi connectivity index (χ4n) is 1.49. The third-order valence-electron chi connectivity index (χ3n) is 2.33. The van der Waals surface area contributed by atoms with Gasteiger partial charge in [-0.25, -0.2) is 9.97 Å². The first-order chi connectivity index (χ1) is 9.20. The number of carbonyl (C=O) groups excluding carboxylic acids is 1. The number of carbonyl (C=O) groups is 1. The smallest absolute Gasteiger partial charge is 0.275 e. The maximum Gasteiger partial charge on any atom is 0.275 e. The number of nitrogens with one attached hydrogen (secondary N) is 2.